The molecule has 0 bridgehead atoms. The zero-order valence-corrected chi connectivity index (χ0v) is 38.4. The van der Waals surface area contributed by atoms with Gasteiger partial charge in [0.2, 0.25) is 10.7 Å². The fourth-order valence-corrected chi connectivity index (χ4v) is 9.01. The number of urea groups is 1. The summed E-state index contributed by atoms with van der Waals surface area (Å²) < 4.78 is 102. The van der Waals surface area contributed by atoms with Crippen molar-refractivity contribution >= 4 is 81.7 Å². The molecule has 3 heterocycles. The predicted molar refractivity (Wildman–Crippen MR) is 227 cm³/mol. The summed E-state index contributed by atoms with van der Waals surface area (Å²) in [6.45, 7) is 4.01. The average molecular weight is 1000 g/mol. The number of halogens is 5. The molecular formula is C35H43ClF4N9O11PS3. The van der Waals surface area contributed by atoms with Crippen molar-refractivity contribution in [2.24, 2.45) is 10.7 Å². The topological polar surface area (TPSA) is 289 Å². The Morgan fingerprint density at radius 1 is 1.12 bits per heavy atom. The Hall–Kier alpha value is -4.92. The summed E-state index contributed by atoms with van der Waals surface area (Å²) in [6, 6.07) is 5.42. The number of carbonyl (C=O) groups is 3. The molecule has 1 aliphatic rings. The number of carboxylic acids is 1. The van der Waals surface area contributed by atoms with Crippen molar-refractivity contribution in [3.63, 3.8) is 0 Å². The molecule has 29 heteroatoms. The molecule has 0 saturated carbocycles. The van der Waals surface area contributed by atoms with Crippen LogP contribution >= 0.6 is 42.1 Å². The first-order chi connectivity index (χ1) is 29.8. The first-order valence-corrected chi connectivity index (χ1v) is 24.3. The van der Waals surface area contributed by atoms with Crippen molar-refractivity contribution in [2.75, 3.05) is 38.1 Å². The Labute approximate surface area is 375 Å². The third kappa shape index (κ3) is 17.6. The molecule has 20 nitrogen and oxygen atoms in total. The van der Waals surface area contributed by atoms with E-state index in [0.717, 1.165) is 48.1 Å². The number of methoxy groups -OCH3 is 2. The smallest absolute Gasteiger partial charge is 0.389 e. The van der Waals surface area contributed by atoms with Crippen molar-refractivity contribution in [3.8, 4) is 6.01 Å². The number of nitrogens with zero attached hydrogens (tertiary/aromatic N) is 6. The summed E-state index contributed by atoms with van der Waals surface area (Å²) >= 11 is 8.17. The Morgan fingerprint density at radius 2 is 1.78 bits per heavy atom. The maximum atomic E-state index is 14.3. The average Bonchev–Trinajstić information content (AvgIpc) is 3.53. The molecule has 2 aromatic heterocycles. The van der Waals surface area contributed by atoms with E-state index >= 15 is 0 Å². The molecule has 0 aliphatic carbocycles. The van der Waals surface area contributed by atoms with Gasteiger partial charge in [0.25, 0.3) is 10.0 Å². The number of carbonyl (C=O) groups excluding carboxylic acids is 2. The third-order valence-corrected chi connectivity index (χ3v) is 13.0. The van der Waals surface area contributed by atoms with Gasteiger partial charge >= 0.3 is 35.0 Å². The largest absolute Gasteiger partial charge is 0.480 e. The number of fused-ring (bicyclic) bond motifs is 1. The van der Waals surface area contributed by atoms with Crippen molar-refractivity contribution in [2.45, 2.75) is 74.1 Å². The number of thioether (sulfide) groups is 1. The van der Waals surface area contributed by atoms with Crippen LogP contribution in [0, 0.1) is 12.7 Å². The van der Waals surface area contributed by atoms with E-state index in [2.05, 4.69) is 30.0 Å². The van der Waals surface area contributed by atoms with E-state index in [1.807, 2.05) is 0 Å². The van der Waals surface area contributed by atoms with E-state index in [4.69, 9.17) is 32.1 Å². The Bertz CT molecular complexity index is 2590. The van der Waals surface area contributed by atoms with Gasteiger partial charge in [-0.1, -0.05) is 29.8 Å². The molecule has 0 spiro atoms. The van der Waals surface area contributed by atoms with Crippen LogP contribution in [0.5, 0.6) is 6.01 Å². The van der Waals surface area contributed by atoms with Crippen LogP contribution < -0.4 is 30.2 Å². The zero-order chi connectivity index (χ0) is 48.0. The number of hydrogen-bond acceptors (Lipinski definition) is 16. The van der Waals surface area contributed by atoms with Gasteiger partial charge in [0.15, 0.2) is 7.37 Å². The predicted octanol–water partition coefficient (Wildman–Crippen LogP) is 4.68. The molecule has 2 aromatic carbocycles. The number of aliphatic carboxylic acids is 1. The van der Waals surface area contributed by atoms with Gasteiger partial charge in [0.05, 0.1) is 29.9 Å². The van der Waals surface area contributed by atoms with Gasteiger partial charge in [0, 0.05) is 37.2 Å². The summed E-state index contributed by atoms with van der Waals surface area (Å²) in [4.78, 5) is 70.3. The number of aromatic nitrogens is 5. The molecule has 1 aliphatic heterocycles. The van der Waals surface area contributed by atoms with E-state index in [0.29, 0.717) is 22.8 Å². The number of hydrogen-bond donors (Lipinski definition) is 5. The molecule has 0 saturated heterocycles. The van der Waals surface area contributed by atoms with Crippen LogP contribution in [0.4, 0.5) is 34.0 Å². The van der Waals surface area contributed by atoms with Gasteiger partial charge < -0.3 is 25.2 Å². The molecule has 0 radical (unpaired) electrons. The second kappa shape index (κ2) is 23.8. The number of esters is 1. The number of amides is 2. The molecule has 0 fully saturated rings. The number of nitrogens with one attached hydrogen (secondary N) is 2. The Kier molecular flexibility index (Phi) is 19.9. The maximum Gasteiger partial charge on any atom is 0.389 e. The number of benzene rings is 2. The minimum absolute atomic E-state index is 0.0412. The third-order valence-electron chi connectivity index (χ3n) is 8.16. The zero-order valence-electron chi connectivity index (χ0n) is 34.3. The van der Waals surface area contributed by atoms with E-state index in [1.54, 1.807) is 14.1 Å². The molecule has 2 atom stereocenters. The lowest BCUT2D eigenvalue weighted by molar-refractivity contribution is -0.139. The van der Waals surface area contributed by atoms with Gasteiger partial charge in [0.1, 0.15) is 23.4 Å². The minimum Gasteiger partial charge on any atom is -0.480 e. The summed E-state index contributed by atoms with van der Waals surface area (Å²) in [5, 5.41) is 10.6. The normalized spacial score (nSPS) is 14.0. The van der Waals surface area contributed by atoms with Crippen molar-refractivity contribution in [1.29, 1.82) is 0 Å². The fourth-order valence-electron chi connectivity index (χ4n) is 5.09. The van der Waals surface area contributed by atoms with Gasteiger partial charge in [-0.2, -0.15) is 28.1 Å². The van der Waals surface area contributed by atoms with E-state index in [1.165, 1.54) is 52.1 Å². The van der Waals surface area contributed by atoms with Crippen molar-refractivity contribution in [3.05, 3.63) is 73.1 Å². The number of anilines is 1. The molecular weight excluding hydrogens is 961 g/mol. The van der Waals surface area contributed by atoms with E-state index in [-0.39, 0.29) is 57.3 Å². The molecule has 2 amide bonds. The number of carboxylic acid groups (broad SMARTS) is 1. The van der Waals surface area contributed by atoms with E-state index < -0.39 is 71.1 Å². The minimum atomic E-state index is -4.45. The standard InChI is InChI=1S/C15H15ClFN3O3S2.C15H16F3N5O4S.C5H12NO4P/c1-23-13(21)8-24-12-7-11(10(17)6-9(12)16)18-14-19-4-2-3-5-20(19)15(22)25-14;1-9-19-12(22-14(20-9)27-2)21-13(24)23-28(25,26)11-6-4-3-5-10(11)7-8-15(16,17)18;1-11(9,10)3-2-4(6)5(7)8/h6-7H,2-5,8H2,1H3;3-6H,7-8H2,1-2H3,(H2,19,20,21,22,23,24);4H,2-3,6H2,1H3,(H,7,8)(H,9,10)/b18-14-;;. The lowest BCUT2D eigenvalue weighted by Crippen LogP contribution is -2.35. The monoisotopic (exact) mass is 1000 g/mol. The second-order valence-electron chi connectivity index (χ2n) is 13.3. The second-order valence-corrected chi connectivity index (χ2v) is 19.8. The molecule has 2 unspecified atom stereocenters. The number of nitrogens with two attached hydrogens (primary N) is 1. The number of rotatable bonds is 14. The van der Waals surface area contributed by atoms with Crippen molar-refractivity contribution < 1.29 is 64.4 Å². The summed E-state index contributed by atoms with van der Waals surface area (Å²) in [6.07, 6.45) is -4.30. The van der Waals surface area contributed by atoms with Crippen LogP contribution in [-0.2, 0) is 48.4 Å². The summed E-state index contributed by atoms with van der Waals surface area (Å²) in [7, 11) is -4.95. The van der Waals surface area contributed by atoms with Crippen LogP contribution in [0.3, 0.4) is 0 Å². The fraction of sp³-hybridized carbons (Fsp3) is 0.429. The number of aryl methyl sites for hydroxylation is 2. The number of alkyl halides is 3. The molecule has 352 valence electrons. The van der Waals surface area contributed by atoms with Crippen molar-refractivity contribution in [1.82, 2.24) is 29.0 Å². The number of sulfonamides is 1. The first-order valence-electron chi connectivity index (χ1n) is 18.4. The van der Waals surface area contributed by atoms with Crippen LogP contribution in [0.1, 0.15) is 37.1 Å². The van der Waals surface area contributed by atoms with Gasteiger partial charge in [-0.15, -0.1) is 11.8 Å². The highest BCUT2D eigenvalue weighted by Crippen LogP contribution is 2.36. The highest BCUT2D eigenvalue weighted by atomic mass is 35.5. The molecule has 5 rings (SSSR count). The molecule has 6 N–H and O–H groups in total. The van der Waals surface area contributed by atoms with Crippen LogP contribution in [0.15, 0.2) is 56.0 Å². The van der Waals surface area contributed by atoms with Crippen LogP contribution in [-0.4, -0.2) is 106 Å². The Morgan fingerprint density at radius 3 is 2.39 bits per heavy atom. The molecule has 4 aromatic rings. The molecule has 64 heavy (non-hydrogen) atoms. The van der Waals surface area contributed by atoms with Gasteiger partial charge in [-0.25, -0.2) is 32.0 Å². The number of ether oxygens (including phenoxy) is 2. The highest BCUT2D eigenvalue weighted by Gasteiger charge is 2.29. The van der Waals surface area contributed by atoms with Gasteiger partial charge in [-0.05, 0) is 67.7 Å². The van der Waals surface area contributed by atoms with Crippen LogP contribution in [0.25, 0.3) is 0 Å². The highest BCUT2D eigenvalue weighted by molar-refractivity contribution is 8.00. The quantitative estimate of drug-likeness (QED) is 0.0496. The summed E-state index contributed by atoms with van der Waals surface area (Å²) in [5.74, 6) is -2.11. The first kappa shape index (κ1) is 53.4. The van der Waals surface area contributed by atoms with Crippen LogP contribution in [0.2, 0.25) is 5.02 Å². The SMILES string of the molecule is COC(=O)CSc1cc(/N=c2\sc(=O)n3n2CCCC3)c(F)cc1Cl.COc1nc(C)nc(NC(=O)NS(=O)(=O)c2ccccc2CCC(F)(F)F)n1.CP(=O)(O)CCC(N)C(=O)O. The maximum absolute atomic E-state index is 14.3. The van der Waals surface area contributed by atoms with E-state index in [9.17, 15) is 49.7 Å². The summed E-state index contributed by atoms with van der Waals surface area (Å²) in [5.41, 5.74) is 5.10. The lowest BCUT2D eigenvalue weighted by atomic mass is 10.1. The Balaban J connectivity index is 0.000000278. The van der Waals surface area contributed by atoms with Gasteiger partial charge in [-0.3, -0.25) is 28.9 Å². The lowest BCUT2D eigenvalue weighted by Gasteiger charge is -2.15.